The number of anilines is 3. The molecule has 0 radical (unpaired) electrons. The van der Waals surface area contributed by atoms with E-state index in [1.54, 1.807) is 29.2 Å². The van der Waals surface area contributed by atoms with E-state index in [-0.39, 0.29) is 30.8 Å². The maximum Gasteiger partial charge on any atom is 0.246 e. The van der Waals surface area contributed by atoms with Gasteiger partial charge in [-0.3, -0.25) is 9.59 Å². The molecule has 0 fully saturated rings. The molecule has 3 rings (SSSR count). The van der Waals surface area contributed by atoms with Crippen molar-refractivity contribution in [3.8, 4) is 0 Å². The Morgan fingerprint density at radius 2 is 2.00 bits per heavy atom. The summed E-state index contributed by atoms with van der Waals surface area (Å²) in [4.78, 5) is 26.5. The minimum atomic E-state index is -0.257. The molecule has 0 saturated carbocycles. The van der Waals surface area contributed by atoms with E-state index in [4.69, 9.17) is 23.2 Å². The third-order valence-electron chi connectivity index (χ3n) is 4.01. The highest BCUT2D eigenvalue weighted by atomic mass is 35.5. The first-order valence-electron chi connectivity index (χ1n) is 7.86. The lowest BCUT2D eigenvalue weighted by molar-refractivity contribution is -0.118. The Kier molecular flexibility index (Phi) is 5.16. The SMILES string of the molecule is CC1CC(=O)Nc2ccccc2N1C(=O)CNc1cccc(Cl)c1Cl. The van der Waals surface area contributed by atoms with Gasteiger partial charge in [-0.05, 0) is 31.2 Å². The minimum absolute atomic E-state index is 0.0346. The molecule has 0 bridgehead atoms. The van der Waals surface area contributed by atoms with Crippen molar-refractivity contribution in [2.75, 3.05) is 22.1 Å². The molecule has 1 unspecified atom stereocenters. The fraction of sp³-hybridized carbons (Fsp3) is 0.222. The number of benzene rings is 2. The second-order valence-corrected chi connectivity index (χ2v) is 6.62. The number of halogens is 2. The Morgan fingerprint density at radius 3 is 2.80 bits per heavy atom. The van der Waals surface area contributed by atoms with Crippen molar-refractivity contribution in [2.24, 2.45) is 0 Å². The summed E-state index contributed by atoms with van der Waals surface area (Å²) in [6.45, 7) is 1.89. The summed E-state index contributed by atoms with van der Waals surface area (Å²) in [5.41, 5.74) is 1.91. The van der Waals surface area contributed by atoms with Gasteiger partial charge in [-0.1, -0.05) is 41.4 Å². The van der Waals surface area contributed by atoms with E-state index in [0.717, 1.165) is 0 Å². The molecule has 2 aromatic carbocycles. The minimum Gasteiger partial charge on any atom is -0.375 e. The standard InChI is InChI=1S/C18H17Cl2N3O2/c1-11-9-16(24)22-13-6-2-3-8-15(13)23(11)17(25)10-21-14-7-4-5-12(19)18(14)20/h2-8,11,21H,9-10H2,1H3,(H,22,24). The zero-order valence-electron chi connectivity index (χ0n) is 13.6. The summed E-state index contributed by atoms with van der Waals surface area (Å²) in [7, 11) is 0. The summed E-state index contributed by atoms with van der Waals surface area (Å²) in [5, 5.41) is 6.65. The third-order valence-corrected chi connectivity index (χ3v) is 4.83. The molecular weight excluding hydrogens is 361 g/mol. The van der Waals surface area contributed by atoms with Crippen LogP contribution in [-0.2, 0) is 9.59 Å². The third kappa shape index (κ3) is 3.72. The van der Waals surface area contributed by atoms with Crippen LogP contribution in [0.5, 0.6) is 0 Å². The van der Waals surface area contributed by atoms with Crippen molar-refractivity contribution in [3.05, 3.63) is 52.5 Å². The molecule has 7 heteroatoms. The van der Waals surface area contributed by atoms with Gasteiger partial charge in [0, 0.05) is 12.5 Å². The summed E-state index contributed by atoms with van der Waals surface area (Å²) in [6.07, 6.45) is 0.234. The monoisotopic (exact) mass is 377 g/mol. The number of fused-ring (bicyclic) bond motifs is 1. The molecule has 1 atom stereocenters. The molecule has 1 heterocycles. The van der Waals surface area contributed by atoms with E-state index in [0.29, 0.717) is 27.1 Å². The zero-order valence-corrected chi connectivity index (χ0v) is 15.1. The lowest BCUT2D eigenvalue weighted by atomic mass is 10.1. The number of rotatable bonds is 3. The maximum atomic E-state index is 12.8. The predicted octanol–water partition coefficient (Wildman–Crippen LogP) is 4.17. The molecule has 2 aromatic rings. The summed E-state index contributed by atoms with van der Waals surface area (Å²) in [5.74, 6) is -0.270. The average Bonchev–Trinajstić information content (AvgIpc) is 2.70. The van der Waals surface area contributed by atoms with E-state index in [2.05, 4.69) is 10.6 Å². The van der Waals surface area contributed by atoms with Gasteiger partial charge in [-0.25, -0.2) is 0 Å². The first-order chi connectivity index (χ1) is 12.0. The van der Waals surface area contributed by atoms with Gasteiger partial charge in [0.05, 0.1) is 33.7 Å². The molecule has 1 aliphatic heterocycles. The highest BCUT2D eigenvalue weighted by Crippen LogP contribution is 2.32. The smallest absolute Gasteiger partial charge is 0.246 e. The molecule has 0 aromatic heterocycles. The van der Waals surface area contributed by atoms with E-state index >= 15 is 0 Å². The first kappa shape index (κ1) is 17.6. The van der Waals surface area contributed by atoms with Gasteiger partial charge in [-0.15, -0.1) is 0 Å². The van der Waals surface area contributed by atoms with Crippen LogP contribution in [0.1, 0.15) is 13.3 Å². The Labute approximate surface area is 155 Å². The molecule has 5 nitrogen and oxygen atoms in total. The second-order valence-electron chi connectivity index (χ2n) is 5.84. The van der Waals surface area contributed by atoms with Crippen LogP contribution >= 0.6 is 23.2 Å². The van der Waals surface area contributed by atoms with Crippen LogP contribution in [0.3, 0.4) is 0 Å². The molecule has 1 aliphatic rings. The van der Waals surface area contributed by atoms with Crippen LogP contribution in [0.2, 0.25) is 10.0 Å². The van der Waals surface area contributed by atoms with E-state index in [9.17, 15) is 9.59 Å². The van der Waals surface area contributed by atoms with Gasteiger partial charge < -0.3 is 15.5 Å². The average molecular weight is 378 g/mol. The van der Waals surface area contributed by atoms with Crippen LogP contribution in [0, 0.1) is 0 Å². The molecule has 0 spiro atoms. The quantitative estimate of drug-likeness (QED) is 0.843. The van der Waals surface area contributed by atoms with Gasteiger partial charge >= 0.3 is 0 Å². The zero-order chi connectivity index (χ0) is 18.0. The second kappa shape index (κ2) is 7.33. The van der Waals surface area contributed by atoms with Crippen molar-refractivity contribution < 1.29 is 9.59 Å². The first-order valence-corrected chi connectivity index (χ1v) is 8.62. The fourth-order valence-corrected chi connectivity index (χ4v) is 3.23. The Bertz CT molecular complexity index is 826. The number of nitrogens with zero attached hydrogens (tertiary/aromatic N) is 1. The molecule has 130 valence electrons. The largest absolute Gasteiger partial charge is 0.375 e. The lowest BCUT2D eigenvalue weighted by Crippen LogP contribution is -2.42. The lowest BCUT2D eigenvalue weighted by Gasteiger charge is -2.28. The van der Waals surface area contributed by atoms with Crippen molar-refractivity contribution in [1.29, 1.82) is 0 Å². The van der Waals surface area contributed by atoms with Gasteiger partial charge in [-0.2, -0.15) is 0 Å². The molecule has 0 saturated heterocycles. The number of nitrogens with one attached hydrogen (secondary N) is 2. The molecule has 0 aliphatic carbocycles. The number of carbonyl (C=O) groups excluding carboxylic acids is 2. The van der Waals surface area contributed by atoms with Crippen LogP contribution in [0.4, 0.5) is 17.1 Å². The maximum absolute atomic E-state index is 12.8. The van der Waals surface area contributed by atoms with Crippen molar-refractivity contribution in [3.63, 3.8) is 0 Å². The van der Waals surface area contributed by atoms with Gasteiger partial charge in [0.2, 0.25) is 11.8 Å². The van der Waals surface area contributed by atoms with Crippen LogP contribution in [0.15, 0.2) is 42.5 Å². The molecule has 2 N–H and O–H groups in total. The number of carbonyl (C=O) groups is 2. The molecule has 2 amide bonds. The molecular formula is C18H17Cl2N3O2. The van der Waals surface area contributed by atoms with Crippen molar-refractivity contribution >= 4 is 52.1 Å². The topological polar surface area (TPSA) is 61.4 Å². The number of para-hydroxylation sites is 2. The van der Waals surface area contributed by atoms with Gasteiger partial charge in [0.15, 0.2) is 0 Å². The van der Waals surface area contributed by atoms with Gasteiger partial charge in [0.1, 0.15) is 0 Å². The van der Waals surface area contributed by atoms with E-state index in [1.165, 1.54) is 0 Å². The fourth-order valence-electron chi connectivity index (χ4n) is 2.86. The Balaban J connectivity index is 1.83. The van der Waals surface area contributed by atoms with E-state index in [1.807, 2.05) is 25.1 Å². The van der Waals surface area contributed by atoms with Crippen LogP contribution < -0.4 is 15.5 Å². The van der Waals surface area contributed by atoms with Crippen LogP contribution in [-0.4, -0.2) is 24.4 Å². The Hall–Kier alpha value is -2.24. The number of hydrogen-bond donors (Lipinski definition) is 2. The Morgan fingerprint density at radius 1 is 1.24 bits per heavy atom. The van der Waals surface area contributed by atoms with Gasteiger partial charge in [0.25, 0.3) is 0 Å². The normalized spacial score (nSPS) is 16.7. The van der Waals surface area contributed by atoms with Crippen LogP contribution in [0.25, 0.3) is 0 Å². The summed E-state index contributed by atoms with van der Waals surface area (Å²) >= 11 is 12.1. The van der Waals surface area contributed by atoms with Crippen molar-refractivity contribution in [1.82, 2.24) is 0 Å². The predicted molar refractivity (Wildman–Crippen MR) is 102 cm³/mol. The molecule has 25 heavy (non-hydrogen) atoms. The number of amides is 2. The van der Waals surface area contributed by atoms with E-state index < -0.39 is 0 Å². The highest BCUT2D eigenvalue weighted by Gasteiger charge is 2.29. The highest BCUT2D eigenvalue weighted by molar-refractivity contribution is 6.43. The summed E-state index contributed by atoms with van der Waals surface area (Å²) < 4.78 is 0. The summed E-state index contributed by atoms with van der Waals surface area (Å²) in [6, 6.07) is 12.2. The number of hydrogen-bond acceptors (Lipinski definition) is 3. The van der Waals surface area contributed by atoms with Crippen molar-refractivity contribution in [2.45, 2.75) is 19.4 Å².